The minimum absolute atomic E-state index is 0.126. The second kappa shape index (κ2) is 6.49. The van der Waals surface area contributed by atoms with Crippen molar-refractivity contribution in [3.05, 3.63) is 18.0 Å². The minimum Gasteiger partial charge on any atom is -0.266 e. The molecule has 0 amide bonds. The Morgan fingerprint density at radius 2 is 1.88 bits per heavy atom. The van der Waals surface area contributed by atoms with E-state index in [-0.39, 0.29) is 5.54 Å². The first-order valence-electron chi connectivity index (χ1n) is 6.69. The van der Waals surface area contributed by atoms with Gasteiger partial charge in [-0.3, -0.25) is 4.68 Å². The van der Waals surface area contributed by atoms with Crippen molar-refractivity contribution in [3.63, 3.8) is 0 Å². The van der Waals surface area contributed by atoms with Gasteiger partial charge >= 0.3 is 0 Å². The molecule has 0 aliphatic heterocycles. The molecule has 0 unspecified atom stereocenters. The van der Waals surface area contributed by atoms with E-state index >= 15 is 0 Å². The number of terminal acetylenes is 1. The van der Waals surface area contributed by atoms with E-state index in [9.17, 15) is 0 Å². The van der Waals surface area contributed by atoms with Crippen LogP contribution in [0.5, 0.6) is 0 Å². The Morgan fingerprint density at radius 3 is 2.29 bits per heavy atom. The quantitative estimate of drug-likeness (QED) is 0.651. The molecule has 2 heteroatoms. The van der Waals surface area contributed by atoms with Crippen LogP contribution in [0.25, 0.3) is 0 Å². The van der Waals surface area contributed by atoms with E-state index in [2.05, 4.69) is 36.5 Å². The van der Waals surface area contributed by atoms with E-state index in [1.807, 2.05) is 12.3 Å². The lowest BCUT2D eigenvalue weighted by Gasteiger charge is -2.30. The molecule has 0 aliphatic carbocycles. The molecule has 0 N–H and O–H groups in total. The summed E-state index contributed by atoms with van der Waals surface area (Å²) in [6.45, 7) is 6.76. The van der Waals surface area contributed by atoms with Crippen molar-refractivity contribution >= 4 is 0 Å². The van der Waals surface area contributed by atoms with Crippen molar-refractivity contribution in [2.24, 2.45) is 0 Å². The van der Waals surface area contributed by atoms with Crippen molar-refractivity contribution in [2.45, 2.75) is 64.8 Å². The van der Waals surface area contributed by atoms with Crippen LogP contribution in [0.4, 0.5) is 0 Å². The average Bonchev–Trinajstić information content (AvgIpc) is 2.83. The molecule has 1 aromatic heterocycles. The molecule has 0 saturated heterocycles. The maximum absolute atomic E-state index is 5.38. The van der Waals surface area contributed by atoms with Crippen LogP contribution in [0, 0.1) is 12.3 Å². The molecule has 17 heavy (non-hydrogen) atoms. The molecule has 0 aliphatic rings. The van der Waals surface area contributed by atoms with Gasteiger partial charge in [-0.25, -0.2) is 0 Å². The van der Waals surface area contributed by atoms with E-state index < -0.39 is 0 Å². The standard InChI is InChI=1S/C15H24N2/c1-5-8-11-15(4,12-9-6-2)17-13-10-14(7-3)16-17/h3,10,13H,5-6,8-9,11-12H2,1-2,4H3. The predicted octanol–water partition coefficient (Wildman–Crippen LogP) is 3.96. The first-order chi connectivity index (χ1) is 8.16. The van der Waals surface area contributed by atoms with Gasteiger partial charge in [-0.1, -0.05) is 39.5 Å². The third-order valence-electron chi connectivity index (χ3n) is 3.43. The number of rotatable bonds is 7. The summed E-state index contributed by atoms with van der Waals surface area (Å²) in [4.78, 5) is 0. The largest absolute Gasteiger partial charge is 0.266 e. The molecule has 1 rings (SSSR count). The summed E-state index contributed by atoms with van der Waals surface area (Å²) in [5, 5.41) is 4.49. The molecule has 0 aromatic carbocycles. The van der Waals surface area contributed by atoms with Gasteiger partial charge in [0.05, 0.1) is 5.54 Å². The molecular weight excluding hydrogens is 208 g/mol. The highest BCUT2D eigenvalue weighted by Crippen LogP contribution is 2.28. The minimum atomic E-state index is 0.126. The lowest BCUT2D eigenvalue weighted by molar-refractivity contribution is 0.230. The summed E-state index contributed by atoms with van der Waals surface area (Å²) < 4.78 is 2.08. The SMILES string of the molecule is C#Cc1ccn(C(C)(CCCC)CCCC)n1. The molecule has 0 atom stereocenters. The Balaban J connectivity index is 2.84. The lowest BCUT2D eigenvalue weighted by atomic mass is 9.89. The molecule has 0 fully saturated rings. The summed E-state index contributed by atoms with van der Waals surface area (Å²) in [5.74, 6) is 2.60. The van der Waals surface area contributed by atoms with Crippen LogP contribution in [0.15, 0.2) is 12.3 Å². The molecule has 0 bridgehead atoms. The van der Waals surface area contributed by atoms with Gasteiger partial charge in [0.25, 0.3) is 0 Å². The first kappa shape index (κ1) is 13.8. The fourth-order valence-electron chi connectivity index (χ4n) is 2.17. The fraction of sp³-hybridized carbons (Fsp3) is 0.667. The second-order valence-corrected chi connectivity index (χ2v) is 4.99. The van der Waals surface area contributed by atoms with Crippen LogP contribution in [0.3, 0.4) is 0 Å². The topological polar surface area (TPSA) is 17.8 Å². The van der Waals surface area contributed by atoms with Gasteiger partial charge in [0.2, 0.25) is 0 Å². The van der Waals surface area contributed by atoms with Crippen molar-refractivity contribution < 1.29 is 0 Å². The molecule has 0 spiro atoms. The van der Waals surface area contributed by atoms with Crippen LogP contribution in [-0.4, -0.2) is 9.78 Å². The normalized spacial score (nSPS) is 11.4. The Kier molecular flexibility index (Phi) is 5.28. The van der Waals surface area contributed by atoms with Gasteiger partial charge in [-0.15, -0.1) is 6.42 Å². The summed E-state index contributed by atoms with van der Waals surface area (Å²) in [6, 6.07) is 1.93. The number of unbranched alkanes of at least 4 members (excludes halogenated alkanes) is 2. The van der Waals surface area contributed by atoms with Crippen molar-refractivity contribution in [1.82, 2.24) is 9.78 Å². The number of hydrogen-bond acceptors (Lipinski definition) is 1. The van der Waals surface area contributed by atoms with Crippen LogP contribution >= 0.6 is 0 Å². The highest BCUT2D eigenvalue weighted by molar-refractivity contribution is 5.22. The average molecular weight is 232 g/mol. The highest BCUT2D eigenvalue weighted by Gasteiger charge is 2.25. The summed E-state index contributed by atoms with van der Waals surface area (Å²) in [7, 11) is 0. The molecule has 1 heterocycles. The van der Waals surface area contributed by atoms with Gasteiger partial charge in [0.15, 0.2) is 0 Å². The molecule has 94 valence electrons. The summed E-state index contributed by atoms with van der Waals surface area (Å²) in [6.07, 6.45) is 14.7. The Labute approximate surface area is 105 Å². The van der Waals surface area contributed by atoms with Gasteiger partial charge in [-0.05, 0) is 31.8 Å². The molecular formula is C15H24N2. The van der Waals surface area contributed by atoms with E-state index in [0.29, 0.717) is 0 Å². The second-order valence-electron chi connectivity index (χ2n) is 4.99. The lowest BCUT2D eigenvalue weighted by Crippen LogP contribution is -2.30. The molecule has 0 radical (unpaired) electrons. The summed E-state index contributed by atoms with van der Waals surface area (Å²) in [5.41, 5.74) is 0.866. The first-order valence-corrected chi connectivity index (χ1v) is 6.69. The molecule has 1 aromatic rings. The van der Waals surface area contributed by atoms with Crippen LogP contribution in [0.1, 0.15) is 65.0 Å². The number of aromatic nitrogens is 2. The third-order valence-corrected chi connectivity index (χ3v) is 3.43. The zero-order valence-corrected chi connectivity index (χ0v) is 11.4. The molecule has 0 saturated carbocycles. The van der Waals surface area contributed by atoms with Crippen LogP contribution in [0.2, 0.25) is 0 Å². The van der Waals surface area contributed by atoms with Gasteiger partial charge in [-0.2, -0.15) is 5.10 Å². The van der Waals surface area contributed by atoms with Gasteiger partial charge < -0.3 is 0 Å². The Bertz CT molecular complexity index is 363. The molecule has 2 nitrogen and oxygen atoms in total. The van der Waals surface area contributed by atoms with E-state index in [4.69, 9.17) is 6.42 Å². The Hall–Kier alpha value is -1.23. The fourth-order valence-corrected chi connectivity index (χ4v) is 2.17. The van der Waals surface area contributed by atoms with Crippen molar-refractivity contribution in [3.8, 4) is 12.3 Å². The van der Waals surface area contributed by atoms with Crippen LogP contribution < -0.4 is 0 Å². The summed E-state index contributed by atoms with van der Waals surface area (Å²) >= 11 is 0. The van der Waals surface area contributed by atoms with E-state index in [0.717, 1.165) is 5.69 Å². The Morgan fingerprint density at radius 1 is 1.29 bits per heavy atom. The maximum Gasteiger partial charge on any atom is 0.135 e. The van der Waals surface area contributed by atoms with E-state index in [1.165, 1.54) is 38.5 Å². The number of hydrogen-bond donors (Lipinski definition) is 0. The number of nitrogens with zero attached hydrogens (tertiary/aromatic N) is 2. The smallest absolute Gasteiger partial charge is 0.135 e. The monoisotopic (exact) mass is 232 g/mol. The zero-order valence-electron chi connectivity index (χ0n) is 11.4. The third kappa shape index (κ3) is 3.63. The van der Waals surface area contributed by atoms with Gasteiger partial charge in [0.1, 0.15) is 5.69 Å². The van der Waals surface area contributed by atoms with Crippen molar-refractivity contribution in [2.75, 3.05) is 0 Å². The van der Waals surface area contributed by atoms with E-state index in [1.54, 1.807) is 0 Å². The predicted molar refractivity (Wildman–Crippen MR) is 72.9 cm³/mol. The van der Waals surface area contributed by atoms with Gasteiger partial charge in [0, 0.05) is 6.20 Å². The maximum atomic E-state index is 5.38. The van der Waals surface area contributed by atoms with Crippen molar-refractivity contribution in [1.29, 1.82) is 0 Å². The van der Waals surface area contributed by atoms with Crippen LogP contribution in [-0.2, 0) is 5.54 Å². The highest BCUT2D eigenvalue weighted by atomic mass is 15.3. The zero-order chi connectivity index (χ0) is 12.7.